The summed E-state index contributed by atoms with van der Waals surface area (Å²) in [6.07, 6.45) is 0.769. The standard InChI is InChI=1S/C23H25NO6/c1-5-10-30-22-17-13(11-15(27-2)21(22)28-3)19-18(20(17)25)16(23(26)29-4)12-8-6-7-9-14(12)24-19/h6-9,11,16,18-19,24H,5,10H2,1-4H3/t16-,18-,19-/m0/s1. The van der Waals surface area contributed by atoms with E-state index in [1.54, 1.807) is 13.2 Å². The summed E-state index contributed by atoms with van der Waals surface area (Å²) in [5.41, 5.74) is 2.73. The molecule has 2 aromatic carbocycles. The quantitative estimate of drug-likeness (QED) is 0.725. The van der Waals surface area contributed by atoms with Gasteiger partial charge in [-0.15, -0.1) is 0 Å². The van der Waals surface area contributed by atoms with Crippen molar-refractivity contribution in [2.45, 2.75) is 25.3 Å². The van der Waals surface area contributed by atoms with E-state index in [0.29, 0.717) is 29.4 Å². The van der Waals surface area contributed by atoms with Gasteiger partial charge in [-0.05, 0) is 29.7 Å². The number of rotatable bonds is 6. The van der Waals surface area contributed by atoms with Crippen molar-refractivity contribution in [2.75, 3.05) is 33.3 Å². The van der Waals surface area contributed by atoms with Crippen LogP contribution in [0, 0.1) is 5.92 Å². The summed E-state index contributed by atoms with van der Waals surface area (Å²) >= 11 is 0. The molecule has 0 radical (unpaired) electrons. The number of methoxy groups -OCH3 is 3. The number of carbonyl (C=O) groups excluding carboxylic acids is 2. The highest BCUT2D eigenvalue weighted by Gasteiger charge is 2.53. The first-order valence-electron chi connectivity index (χ1n) is 9.96. The van der Waals surface area contributed by atoms with E-state index in [1.165, 1.54) is 14.2 Å². The zero-order valence-corrected chi connectivity index (χ0v) is 17.5. The summed E-state index contributed by atoms with van der Waals surface area (Å²) in [7, 11) is 4.40. The molecule has 30 heavy (non-hydrogen) atoms. The normalized spacial score (nSPS) is 21.1. The number of esters is 1. The first kappa shape index (κ1) is 20.1. The highest BCUT2D eigenvalue weighted by Crippen LogP contribution is 2.56. The smallest absolute Gasteiger partial charge is 0.314 e. The number of anilines is 1. The maximum Gasteiger partial charge on any atom is 0.314 e. The van der Waals surface area contributed by atoms with Crippen LogP contribution in [-0.2, 0) is 9.53 Å². The van der Waals surface area contributed by atoms with Gasteiger partial charge in [-0.1, -0.05) is 25.1 Å². The molecule has 1 heterocycles. The van der Waals surface area contributed by atoms with Gasteiger partial charge in [0.1, 0.15) is 0 Å². The molecule has 2 aliphatic rings. The molecule has 0 aromatic heterocycles. The molecule has 0 bridgehead atoms. The van der Waals surface area contributed by atoms with E-state index < -0.39 is 23.8 Å². The van der Waals surface area contributed by atoms with Crippen molar-refractivity contribution >= 4 is 17.4 Å². The third-order valence-corrected chi connectivity index (χ3v) is 5.77. The zero-order chi connectivity index (χ0) is 21.4. The predicted octanol–water partition coefficient (Wildman–Crippen LogP) is 3.73. The average molecular weight is 411 g/mol. The second-order valence-electron chi connectivity index (χ2n) is 7.35. The Morgan fingerprint density at radius 2 is 1.83 bits per heavy atom. The van der Waals surface area contributed by atoms with Crippen LogP contribution in [0.5, 0.6) is 17.2 Å². The van der Waals surface area contributed by atoms with Crippen molar-refractivity contribution in [1.29, 1.82) is 0 Å². The average Bonchev–Trinajstić information content (AvgIpc) is 3.05. The van der Waals surface area contributed by atoms with Gasteiger partial charge >= 0.3 is 5.97 Å². The summed E-state index contributed by atoms with van der Waals surface area (Å²) in [5.74, 6) is -0.747. The van der Waals surface area contributed by atoms with Crippen molar-refractivity contribution in [2.24, 2.45) is 5.92 Å². The zero-order valence-electron chi connectivity index (χ0n) is 17.5. The van der Waals surface area contributed by atoms with Gasteiger partial charge in [-0.25, -0.2) is 0 Å². The SMILES string of the molecule is CCCOc1c(OC)c(OC)cc2c1C(=O)[C@@H]1[C@H]2Nc2ccccc2[C@@H]1C(=O)OC. The summed E-state index contributed by atoms with van der Waals surface area (Å²) in [6.45, 7) is 2.41. The maximum absolute atomic E-state index is 13.7. The molecule has 2 aromatic rings. The minimum Gasteiger partial charge on any atom is -0.493 e. The first-order valence-corrected chi connectivity index (χ1v) is 9.96. The molecule has 0 saturated heterocycles. The van der Waals surface area contributed by atoms with Crippen molar-refractivity contribution in [3.63, 3.8) is 0 Å². The summed E-state index contributed by atoms with van der Waals surface area (Å²) in [4.78, 5) is 26.5. The predicted molar refractivity (Wildman–Crippen MR) is 111 cm³/mol. The monoisotopic (exact) mass is 411 g/mol. The third-order valence-electron chi connectivity index (χ3n) is 5.77. The lowest BCUT2D eigenvalue weighted by molar-refractivity contribution is -0.143. The lowest BCUT2D eigenvalue weighted by Crippen LogP contribution is -2.36. The van der Waals surface area contributed by atoms with Gasteiger partial charge in [0.25, 0.3) is 0 Å². The van der Waals surface area contributed by atoms with Crippen molar-refractivity contribution in [1.82, 2.24) is 0 Å². The number of benzene rings is 2. The van der Waals surface area contributed by atoms with Crippen LogP contribution < -0.4 is 19.5 Å². The van der Waals surface area contributed by atoms with Crippen LogP contribution in [0.4, 0.5) is 5.69 Å². The Balaban J connectivity index is 1.93. The van der Waals surface area contributed by atoms with E-state index >= 15 is 0 Å². The molecule has 0 amide bonds. The van der Waals surface area contributed by atoms with Crippen LogP contribution in [0.1, 0.15) is 46.8 Å². The number of fused-ring (bicyclic) bond motifs is 4. The highest BCUT2D eigenvalue weighted by molar-refractivity contribution is 6.10. The summed E-state index contributed by atoms with van der Waals surface area (Å²) in [5, 5.41) is 3.45. The fourth-order valence-corrected chi connectivity index (χ4v) is 4.51. The number of Topliss-reactive ketones (excluding diaryl/α,β-unsaturated/α-hetero) is 1. The van der Waals surface area contributed by atoms with E-state index in [-0.39, 0.29) is 5.78 Å². The Hall–Kier alpha value is -3.22. The molecule has 1 aliphatic carbocycles. The maximum atomic E-state index is 13.7. The Bertz CT molecular complexity index is 1000. The second-order valence-corrected chi connectivity index (χ2v) is 7.35. The Morgan fingerprint density at radius 1 is 1.07 bits per heavy atom. The van der Waals surface area contributed by atoms with E-state index in [9.17, 15) is 9.59 Å². The van der Waals surface area contributed by atoms with Gasteiger partial charge in [0.05, 0.1) is 51.4 Å². The minimum atomic E-state index is -0.714. The number of ether oxygens (including phenoxy) is 4. The van der Waals surface area contributed by atoms with Gasteiger partial charge in [-0.2, -0.15) is 0 Å². The van der Waals surface area contributed by atoms with E-state index in [4.69, 9.17) is 18.9 Å². The first-order chi connectivity index (χ1) is 14.6. The van der Waals surface area contributed by atoms with Crippen molar-refractivity contribution < 1.29 is 28.5 Å². The lowest BCUT2D eigenvalue weighted by Gasteiger charge is -2.34. The largest absolute Gasteiger partial charge is 0.493 e. The molecule has 7 heteroatoms. The molecule has 0 fully saturated rings. The molecule has 0 saturated carbocycles. The highest BCUT2D eigenvalue weighted by atomic mass is 16.5. The molecule has 158 valence electrons. The second kappa shape index (κ2) is 7.89. The molecule has 1 aliphatic heterocycles. The van der Waals surface area contributed by atoms with Crippen LogP contribution in [0.2, 0.25) is 0 Å². The summed E-state index contributed by atoms with van der Waals surface area (Å²) < 4.78 is 22.1. The summed E-state index contributed by atoms with van der Waals surface area (Å²) in [6, 6.07) is 8.89. The van der Waals surface area contributed by atoms with Gasteiger partial charge in [0.15, 0.2) is 17.3 Å². The number of carbonyl (C=O) groups is 2. The van der Waals surface area contributed by atoms with Crippen LogP contribution in [0.3, 0.4) is 0 Å². The molecular weight excluding hydrogens is 386 g/mol. The van der Waals surface area contributed by atoms with E-state index in [0.717, 1.165) is 23.2 Å². The van der Waals surface area contributed by atoms with Crippen LogP contribution >= 0.6 is 0 Å². The van der Waals surface area contributed by atoms with Crippen LogP contribution in [-0.4, -0.2) is 39.7 Å². The van der Waals surface area contributed by atoms with Crippen molar-refractivity contribution in [3.05, 3.63) is 47.0 Å². The molecule has 7 nitrogen and oxygen atoms in total. The molecular formula is C23H25NO6. The van der Waals surface area contributed by atoms with Gasteiger partial charge in [0.2, 0.25) is 5.75 Å². The third kappa shape index (κ3) is 2.88. The molecule has 3 atom stereocenters. The molecule has 0 spiro atoms. The molecule has 0 unspecified atom stereocenters. The number of hydrogen-bond donors (Lipinski definition) is 1. The number of ketones is 1. The van der Waals surface area contributed by atoms with Crippen molar-refractivity contribution in [3.8, 4) is 17.2 Å². The fraction of sp³-hybridized carbons (Fsp3) is 0.391. The Labute approximate surface area is 175 Å². The van der Waals surface area contributed by atoms with Crippen LogP contribution in [0.25, 0.3) is 0 Å². The van der Waals surface area contributed by atoms with Crippen LogP contribution in [0.15, 0.2) is 30.3 Å². The number of nitrogens with one attached hydrogen (secondary N) is 1. The Kier molecular flexibility index (Phi) is 5.28. The lowest BCUT2D eigenvalue weighted by atomic mass is 9.77. The Morgan fingerprint density at radius 3 is 2.50 bits per heavy atom. The van der Waals surface area contributed by atoms with E-state index in [2.05, 4.69) is 5.32 Å². The van der Waals surface area contributed by atoms with E-state index in [1.807, 2.05) is 31.2 Å². The van der Waals surface area contributed by atoms with Gasteiger partial charge in [-0.3, -0.25) is 9.59 Å². The minimum absolute atomic E-state index is 0.167. The molecule has 1 N–H and O–H groups in total. The number of para-hydroxylation sites is 1. The number of hydrogen-bond acceptors (Lipinski definition) is 7. The fourth-order valence-electron chi connectivity index (χ4n) is 4.51. The van der Waals surface area contributed by atoms with Gasteiger partial charge in [0, 0.05) is 5.69 Å². The van der Waals surface area contributed by atoms with Gasteiger partial charge < -0.3 is 24.3 Å². The topological polar surface area (TPSA) is 83.1 Å². The molecule has 4 rings (SSSR count).